The molecule has 1 N–H and O–H groups in total. The van der Waals surface area contributed by atoms with Crippen molar-refractivity contribution < 1.29 is 18.0 Å². The number of para-hydroxylation sites is 2. The van der Waals surface area contributed by atoms with Crippen LogP contribution in [0.3, 0.4) is 0 Å². The van der Waals surface area contributed by atoms with Gasteiger partial charge in [0.1, 0.15) is 0 Å². The van der Waals surface area contributed by atoms with Crippen LogP contribution in [0.1, 0.15) is 37.0 Å². The van der Waals surface area contributed by atoms with Crippen LogP contribution in [0.2, 0.25) is 5.02 Å². The molecule has 160 valence electrons. The second-order valence-corrected chi connectivity index (χ2v) is 9.20. The zero-order valence-electron chi connectivity index (χ0n) is 16.9. The molecular formula is C21H24ClN3O4S. The summed E-state index contributed by atoms with van der Waals surface area (Å²) in [5.41, 5.74) is 1.12. The Balaban J connectivity index is 1.93. The molecule has 0 aliphatic carbocycles. The van der Waals surface area contributed by atoms with Crippen molar-refractivity contribution in [1.29, 1.82) is 0 Å². The minimum Gasteiger partial charge on any atom is -0.320 e. The van der Waals surface area contributed by atoms with Gasteiger partial charge in [0.05, 0.1) is 26.9 Å². The second-order valence-electron chi connectivity index (χ2n) is 6.85. The fraction of sp³-hybridized carbons (Fsp3) is 0.333. The molecule has 9 heteroatoms. The zero-order chi connectivity index (χ0) is 21.9. The van der Waals surface area contributed by atoms with Crippen LogP contribution in [0.25, 0.3) is 0 Å². The maximum atomic E-state index is 13.0. The number of anilines is 2. The van der Waals surface area contributed by atoms with Gasteiger partial charge in [-0.3, -0.25) is 9.59 Å². The molecule has 0 spiro atoms. The van der Waals surface area contributed by atoms with E-state index < -0.39 is 15.9 Å². The van der Waals surface area contributed by atoms with E-state index in [1.54, 1.807) is 43.0 Å². The number of nitrogens with one attached hydrogen (secondary N) is 1. The predicted octanol–water partition coefficient (Wildman–Crippen LogP) is 3.75. The normalized spacial score (nSPS) is 14.4. The van der Waals surface area contributed by atoms with Crippen molar-refractivity contribution in [2.75, 3.05) is 29.9 Å². The van der Waals surface area contributed by atoms with Crippen molar-refractivity contribution in [3.8, 4) is 0 Å². The Kier molecular flexibility index (Phi) is 6.80. The van der Waals surface area contributed by atoms with Gasteiger partial charge in [0.15, 0.2) is 0 Å². The fourth-order valence-corrected chi connectivity index (χ4v) is 5.15. The van der Waals surface area contributed by atoms with E-state index >= 15 is 0 Å². The highest BCUT2D eigenvalue weighted by Gasteiger charge is 2.26. The van der Waals surface area contributed by atoms with Crippen LogP contribution in [-0.2, 0) is 14.8 Å². The molecule has 2 aromatic carbocycles. The predicted molar refractivity (Wildman–Crippen MR) is 118 cm³/mol. The summed E-state index contributed by atoms with van der Waals surface area (Å²) < 4.78 is 26.9. The molecule has 0 radical (unpaired) electrons. The summed E-state index contributed by atoms with van der Waals surface area (Å²) in [4.78, 5) is 26.7. The van der Waals surface area contributed by atoms with Crippen LogP contribution >= 0.6 is 11.6 Å². The Bertz CT molecular complexity index is 1070. The Morgan fingerprint density at radius 3 is 2.50 bits per heavy atom. The average Bonchev–Trinajstić information content (AvgIpc) is 3.15. The van der Waals surface area contributed by atoms with Gasteiger partial charge in [-0.1, -0.05) is 37.6 Å². The number of hydrogen-bond acceptors (Lipinski definition) is 4. The molecule has 0 bridgehead atoms. The summed E-state index contributed by atoms with van der Waals surface area (Å²) >= 11 is 6.21. The topological polar surface area (TPSA) is 86.8 Å². The lowest BCUT2D eigenvalue weighted by Crippen LogP contribution is -2.30. The average molecular weight is 450 g/mol. The lowest BCUT2D eigenvalue weighted by atomic mass is 10.2. The van der Waals surface area contributed by atoms with Gasteiger partial charge in [0, 0.05) is 26.1 Å². The van der Waals surface area contributed by atoms with Crippen LogP contribution in [0, 0.1) is 0 Å². The van der Waals surface area contributed by atoms with E-state index in [4.69, 9.17) is 11.6 Å². The van der Waals surface area contributed by atoms with Crippen molar-refractivity contribution in [1.82, 2.24) is 4.31 Å². The molecule has 7 nitrogen and oxygen atoms in total. The van der Waals surface area contributed by atoms with E-state index in [1.165, 1.54) is 22.5 Å². The van der Waals surface area contributed by atoms with Crippen LogP contribution in [0.5, 0.6) is 0 Å². The van der Waals surface area contributed by atoms with Crippen LogP contribution < -0.4 is 10.2 Å². The van der Waals surface area contributed by atoms with E-state index in [1.807, 2.05) is 0 Å². The Hall–Kier alpha value is -2.42. The van der Waals surface area contributed by atoms with Crippen molar-refractivity contribution in [2.45, 2.75) is 31.6 Å². The van der Waals surface area contributed by atoms with Gasteiger partial charge in [-0.25, -0.2) is 8.42 Å². The summed E-state index contributed by atoms with van der Waals surface area (Å²) in [5.74, 6) is -0.544. The first-order chi connectivity index (χ1) is 14.3. The van der Waals surface area contributed by atoms with E-state index in [2.05, 4.69) is 5.32 Å². The number of benzene rings is 2. The standard InChI is InChI=1S/C21H24ClN3O4S/c1-3-24(4-2)30(28,29)15-11-12-17(22)16(14-15)21(27)23-18-8-5-6-9-19(18)25-13-7-10-20(25)26/h5-6,8-9,11-12,14H,3-4,7,10,13H2,1-2H3,(H,23,27). The highest BCUT2D eigenvalue weighted by molar-refractivity contribution is 7.89. The zero-order valence-corrected chi connectivity index (χ0v) is 18.5. The number of sulfonamides is 1. The minimum absolute atomic E-state index is 0.00189. The first kappa shape index (κ1) is 22.3. The summed E-state index contributed by atoms with van der Waals surface area (Å²) in [7, 11) is -3.73. The van der Waals surface area contributed by atoms with Gasteiger partial charge >= 0.3 is 0 Å². The molecular weight excluding hydrogens is 426 g/mol. The molecule has 0 aromatic heterocycles. The number of carbonyl (C=O) groups excluding carboxylic acids is 2. The molecule has 3 rings (SSSR count). The van der Waals surface area contributed by atoms with E-state index in [0.717, 1.165) is 6.42 Å². The molecule has 2 amide bonds. The highest BCUT2D eigenvalue weighted by Crippen LogP contribution is 2.31. The lowest BCUT2D eigenvalue weighted by Gasteiger charge is -2.21. The van der Waals surface area contributed by atoms with Crippen LogP contribution in [-0.4, -0.2) is 44.2 Å². The molecule has 1 fully saturated rings. The molecule has 1 saturated heterocycles. The second kappa shape index (κ2) is 9.16. The van der Waals surface area contributed by atoms with Crippen molar-refractivity contribution in [3.05, 3.63) is 53.1 Å². The van der Waals surface area contributed by atoms with Gasteiger partial charge in [0.2, 0.25) is 15.9 Å². The van der Waals surface area contributed by atoms with Crippen LogP contribution in [0.15, 0.2) is 47.4 Å². The number of halogens is 1. The molecule has 0 unspecified atom stereocenters. The number of rotatable bonds is 7. The first-order valence-corrected chi connectivity index (χ1v) is 11.6. The quantitative estimate of drug-likeness (QED) is 0.697. The summed E-state index contributed by atoms with van der Waals surface area (Å²) in [6.45, 7) is 4.73. The van der Waals surface area contributed by atoms with Crippen molar-refractivity contribution in [2.24, 2.45) is 0 Å². The third kappa shape index (κ3) is 4.35. The SMILES string of the molecule is CCN(CC)S(=O)(=O)c1ccc(Cl)c(C(=O)Nc2ccccc2N2CCCC2=O)c1. The molecule has 1 heterocycles. The Morgan fingerprint density at radius 1 is 1.17 bits per heavy atom. The third-order valence-electron chi connectivity index (χ3n) is 5.04. The monoisotopic (exact) mass is 449 g/mol. The fourth-order valence-electron chi connectivity index (χ4n) is 3.46. The third-order valence-corrected chi connectivity index (χ3v) is 7.42. The summed E-state index contributed by atoms with van der Waals surface area (Å²) in [5, 5.41) is 2.91. The molecule has 1 aliphatic rings. The van der Waals surface area contributed by atoms with E-state index in [-0.39, 0.29) is 21.4 Å². The van der Waals surface area contributed by atoms with Crippen molar-refractivity contribution >= 4 is 44.8 Å². The van der Waals surface area contributed by atoms with Gasteiger partial charge in [-0.15, -0.1) is 0 Å². The molecule has 1 aliphatic heterocycles. The number of nitrogens with zero attached hydrogens (tertiary/aromatic N) is 2. The van der Waals surface area contributed by atoms with Crippen molar-refractivity contribution in [3.63, 3.8) is 0 Å². The molecule has 0 atom stereocenters. The van der Waals surface area contributed by atoms with Crippen LogP contribution in [0.4, 0.5) is 11.4 Å². The lowest BCUT2D eigenvalue weighted by molar-refractivity contribution is -0.117. The number of carbonyl (C=O) groups is 2. The maximum absolute atomic E-state index is 13.0. The van der Waals surface area contributed by atoms with E-state index in [9.17, 15) is 18.0 Å². The van der Waals surface area contributed by atoms with Gasteiger partial charge in [-0.2, -0.15) is 4.31 Å². The van der Waals surface area contributed by atoms with E-state index in [0.29, 0.717) is 37.4 Å². The molecule has 30 heavy (non-hydrogen) atoms. The highest BCUT2D eigenvalue weighted by atomic mass is 35.5. The first-order valence-electron chi connectivity index (χ1n) is 9.80. The Labute approximate surface area is 181 Å². The number of amides is 2. The molecule has 2 aromatic rings. The van der Waals surface area contributed by atoms with Gasteiger partial charge in [-0.05, 0) is 36.8 Å². The van der Waals surface area contributed by atoms with Gasteiger partial charge in [0.25, 0.3) is 5.91 Å². The largest absolute Gasteiger partial charge is 0.320 e. The maximum Gasteiger partial charge on any atom is 0.257 e. The number of hydrogen-bond donors (Lipinski definition) is 1. The smallest absolute Gasteiger partial charge is 0.257 e. The minimum atomic E-state index is -3.73. The summed E-state index contributed by atoms with van der Waals surface area (Å²) in [6, 6.07) is 11.1. The molecule has 0 saturated carbocycles. The summed E-state index contributed by atoms with van der Waals surface area (Å²) in [6.07, 6.45) is 1.23. The van der Waals surface area contributed by atoms with Gasteiger partial charge < -0.3 is 10.2 Å². The Morgan fingerprint density at radius 2 is 1.87 bits per heavy atom.